The van der Waals surface area contributed by atoms with E-state index in [1.165, 1.54) is 0 Å². The summed E-state index contributed by atoms with van der Waals surface area (Å²) < 4.78 is 11.5. The maximum Gasteiger partial charge on any atom is 0.261 e. The van der Waals surface area contributed by atoms with Crippen LogP contribution in [-0.2, 0) is 4.74 Å². The average molecular weight is 554 g/mol. The van der Waals surface area contributed by atoms with Gasteiger partial charge < -0.3 is 34.8 Å². The molecule has 0 spiro atoms. The largest absolute Gasteiger partial charge is 0.496 e. The molecular weight excluding hydrogens is 526 g/mol. The fourth-order valence-corrected chi connectivity index (χ4v) is 5.03. The molecule has 2 aromatic heterocycles. The Kier molecular flexibility index (Phi) is 6.99. The molecule has 0 radical (unpaired) electrons. The topological polar surface area (TPSA) is 116 Å². The number of nitrogens with one attached hydrogen (secondary N) is 3. The lowest BCUT2D eigenvalue weighted by Crippen LogP contribution is -2.36. The Morgan fingerprint density at radius 2 is 2.06 bits per heavy atom. The highest BCUT2D eigenvalue weighted by Gasteiger charge is 2.19. The van der Waals surface area contributed by atoms with E-state index >= 15 is 0 Å². The summed E-state index contributed by atoms with van der Waals surface area (Å²) in [4.78, 5) is 26.0. The van der Waals surface area contributed by atoms with Crippen molar-refractivity contribution in [1.29, 1.82) is 0 Å². The second-order valence-corrected chi connectivity index (χ2v) is 9.58. The zero-order chi connectivity index (χ0) is 25.2. The average Bonchev–Trinajstić information content (AvgIpc) is 3.32. The quantitative estimate of drug-likeness (QED) is 0.273. The van der Waals surface area contributed by atoms with E-state index < -0.39 is 6.10 Å². The molecule has 188 valence electrons. The molecule has 1 saturated heterocycles. The third-order valence-electron chi connectivity index (χ3n) is 6.38. The van der Waals surface area contributed by atoms with Gasteiger partial charge in [-0.3, -0.25) is 4.79 Å². The number of ether oxygens (including phenoxy) is 2. The van der Waals surface area contributed by atoms with Crippen molar-refractivity contribution in [2.75, 3.05) is 50.2 Å². The SMILES string of the molecule is COc1ccc([C@H](O)CNc2cc[nH]c(=O)c2-c2nc3c(C)cc(N4CCOCC4)cc3[nH]2)cc1Br. The van der Waals surface area contributed by atoms with Gasteiger partial charge in [-0.15, -0.1) is 0 Å². The second-order valence-electron chi connectivity index (χ2n) is 8.73. The van der Waals surface area contributed by atoms with Crippen LogP contribution in [0.15, 0.2) is 51.9 Å². The van der Waals surface area contributed by atoms with Crippen LogP contribution in [0.2, 0.25) is 0 Å². The van der Waals surface area contributed by atoms with Gasteiger partial charge in [0.2, 0.25) is 0 Å². The van der Waals surface area contributed by atoms with Crippen molar-refractivity contribution in [2.45, 2.75) is 13.0 Å². The van der Waals surface area contributed by atoms with Crippen LogP contribution in [0, 0.1) is 6.92 Å². The van der Waals surface area contributed by atoms with Gasteiger partial charge in [0, 0.05) is 31.5 Å². The zero-order valence-electron chi connectivity index (χ0n) is 20.1. The normalized spacial score (nSPS) is 14.7. The molecule has 10 heteroatoms. The minimum absolute atomic E-state index is 0.204. The molecule has 5 rings (SSSR count). The Labute approximate surface area is 216 Å². The van der Waals surface area contributed by atoms with Gasteiger partial charge in [-0.05, 0) is 64.3 Å². The molecule has 2 aromatic carbocycles. The highest BCUT2D eigenvalue weighted by molar-refractivity contribution is 9.10. The number of aliphatic hydroxyl groups excluding tert-OH is 1. The Morgan fingerprint density at radius 3 is 2.81 bits per heavy atom. The number of aliphatic hydroxyl groups is 1. The minimum Gasteiger partial charge on any atom is -0.496 e. The van der Waals surface area contributed by atoms with Crippen molar-refractivity contribution in [3.8, 4) is 17.1 Å². The zero-order valence-corrected chi connectivity index (χ0v) is 21.7. The first-order valence-corrected chi connectivity index (χ1v) is 12.5. The molecule has 3 heterocycles. The van der Waals surface area contributed by atoms with Crippen LogP contribution in [0.5, 0.6) is 5.75 Å². The number of fused-ring (bicyclic) bond motifs is 1. The van der Waals surface area contributed by atoms with Gasteiger partial charge in [-0.25, -0.2) is 4.98 Å². The second kappa shape index (κ2) is 10.3. The predicted molar refractivity (Wildman–Crippen MR) is 144 cm³/mol. The van der Waals surface area contributed by atoms with E-state index in [-0.39, 0.29) is 12.1 Å². The molecule has 0 saturated carbocycles. The number of aromatic nitrogens is 3. The van der Waals surface area contributed by atoms with E-state index in [2.05, 4.69) is 48.2 Å². The van der Waals surface area contributed by atoms with Gasteiger partial charge in [0.15, 0.2) is 0 Å². The standard InChI is InChI=1S/C26H28BrN5O4/c1-15-11-17(32-7-9-36-10-8-32)13-20-24(15)31-25(30-20)23-19(5-6-28-26(23)34)29-14-21(33)16-3-4-22(35-2)18(27)12-16/h3-6,11-13,21,33H,7-10,14H2,1-2H3,(H,30,31)(H2,28,29,34)/t21-/m1/s1. The van der Waals surface area contributed by atoms with Crippen LogP contribution in [0.4, 0.5) is 11.4 Å². The monoisotopic (exact) mass is 553 g/mol. The summed E-state index contributed by atoms with van der Waals surface area (Å²) in [5.41, 5.74) is 5.23. The molecule has 1 fully saturated rings. The molecule has 0 unspecified atom stereocenters. The number of benzene rings is 2. The van der Waals surface area contributed by atoms with Crippen LogP contribution in [-0.4, -0.2) is 60.0 Å². The number of aromatic amines is 2. The summed E-state index contributed by atoms with van der Waals surface area (Å²) >= 11 is 3.45. The van der Waals surface area contributed by atoms with Crippen molar-refractivity contribution in [1.82, 2.24) is 15.0 Å². The Morgan fingerprint density at radius 1 is 1.25 bits per heavy atom. The molecule has 1 atom stereocenters. The van der Waals surface area contributed by atoms with Crippen LogP contribution < -0.4 is 20.5 Å². The Balaban J connectivity index is 1.43. The van der Waals surface area contributed by atoms with E-state index in [1.54, 1.807) is 25.4 Å². The lowest BCUT2D eigenvalue weighted by Gasteiger charge is -2.29. The summed E-state index contributed by atoms with van der Waals surface area (Å²) in [6.07, 6.45) is 0.780. The third kappa shape index (κ3) is 4.84. The molecule has 4 aromatic rings. The van der Waals surface area contributed by atoms with Crippen molar-refractivity contribution in [3.05, 3.63) is 68.5 Å². The summed E-state index contributed by atoms with van der Waals surface area (Å²) in [6.45, 7) is 5.32. The third-order valence-corrected chi connectivity index (χ3v) is 7.00. The number of methoxy groups -OCH3 is 1. The number of halogens is 1. The van der Waals surface area contributed by atoms with Gasteiger partial charge in [-0.1, -0.05) is 6.07 Å². The number of rotatable bonds is 7. The van der Waals surface area contributed by atoms with E-state index in [0.717, 1.165) is 45.4 Å². The van der Waals surface area contributed by atoms with Crippen LogP contribution in [0.1, 0.15) is 17.2 Å². The van der Waals surface area contributed by atoms with E-state index in [9.17, 15) is 9.90 Å². The number of pyridine rings is 1. The first-order valence-electron chi connectivity index (χ1n) is 11.7. The van der Waals surface area contributed by atoms with E-state index in [1.807, 2.05) is 19.1 Å². The predicted octanol–water partition coefficient (Wildman–Crippen LogP) is 3.98. The molecule has 0 amide bonds. The molecule has 1 aliphatic rings. The number of aryl methyl sites for hydroxylation is 1. The van der Waals surface area contributed by atoms with Crippen molar-refractivity contribution < 1.29 is 14.6 Å². The molecular formula is C26H28BrN5O4. The fourth-order valence-electron chi connectivity index (χ4n) is 4.47. The number of imidazole rings is 1. The summed E-state index contributed by atoms with van der Waals surface area (Å²) in [5, 5.41) is 14.0. The number of nitrogens with zero attached hydrogens (tertiary/aromatic N) is 2. The highest BCUT2D eigenvalue weighted by Crippen LogP contribution is 2.31. The number of anilines is 2. The lowest BCUT2D eigenvalue weighted by molar-refractivity contribution is 0.122. The number of hydrogen-bond acceptors (Lipinski definition) is 7. The summed E-state index contributed by atoms with van der Waals surface area (Å²) in [7, 11) is 1.59. The van der Waals surface area contributed by atoms with Crippen LogP contribution in [0.25, 0.3) is 22.4 Å². The molecule has 0 bridgehead atoms. The van der Waals surface area contributed by atoms with Crippen molar-refractivity contribution >= 4 is 38.3 Å². The molecule has 0 aliphatic carbocycles. The Bertz CT molecular complexity index is 1440. The molecule has 1 aliphatic heterocycles. The first-order chi connectivity index (χ1) is 17.4. The molecule has 4 N–H and O–H groups in total. The number of hydrogen-bond donors (Lipinski definition) is 4. The molecule has 9 nitrogen and oxygen atoms in total. The fraction of sp³-hybridized carbons (Fsp3) is 0.308. The van der Waals surface area contributed by atoms with Crippen molar-refractivity contribution in [3.63, 3.8) is 0 Å². The highest BCUT2D eigenvalue weighted by atomic mass is 79.9. The maximum absolute atomic E-state index is 12.9. The van der Waals surface area contributed by atoms with Gasteiger partial charge in [0.05, 0.1) is 47.6 Å². The van der Waals surface area contributed by atoms with Crippen LogP contribution in [0.3, 0.4) is 0 Å². The maximum atomic E-state index is 12.9. The van der Waals surface area contributed by atoms with E-state index in [0.29, 0.717) is 36.0 Å². The van der Waals surface area contributed by atoms with E-state index in [4.69, 9.17) is 14.5 Å². The minimum atomic E-state index is -0.798. The lowest BCUT2D eigenvalue weighted by atomic mass is 10.1. The van der Waals surface area contributed by atoms with Gasteiger partial charge in [0.25, 0.3) is 5.56 Å². The Hall–Kier alpha value is -3.34. The first kappa shape index (κ1) is 24.4. The van der Waals surface area contributed by atoms with Crippen LogP contribution >= 0.6 is 15.9 Å². The summed E-state index contributed by atoms with van der Waals surface area (Å²) in [5.74, 6) is 1.16. The smallest absolute Gasteiger partial charge is 0.261 e. The van der Waals surface area contributed by atoms with Crippen molar-refractivity contribution in [2.24, 2.45) is 0 Å². The number of H-pyrrole nitrogens is 2. The number of morpholine rings is 1. The van der Waals surface area contributed by atoms with Gasteiger partial charge in [-0.2, -0.15) is 0 Å². The molecule has 36 heavy (non-hydrogen) atoms. The van der Waals surface area contributed by atoms with Gasteiger partial charge in [0.1, 0.15) is 17.1 Å². The van der Waals surface area contributed by atoms with Gasteiger partial charge >= 0.3 is 0 Å². The summed E-state index contributed by atoms with van der Waals surface area (Å²) in [6, 6.07) is 11.4.